The largest absolute Gasteiger partial charge is 0.213 e. The van der Waals surface area contributed by atoms with Gasteiger partial charge in [0.05, 0.1) is 5.56 Å². The molecule has 1 aliphatic rings. The maximum absolute atomic E-state index is 2.49. The Hall–Kier alpha value is -1.84. The van der Waals surface area contributed by atoms with E-state index in [1.54, 1.807) is 10.4 Å². The predicted molar refractivity (Wildman–Crippen MR) is 115 cm³/mol. The van der Waals surface area contributed by atoms with Gasteiger partial charge in [0.1, 0.15) is 15.1 Å². The fourth-order valence-electron chi connectivity index (χ4n) is 4.06. The SMILES string of the molecule is Cc1cc(-c2c(C)ccc3c2Sc2ccccc2[Si]3(C)C)[n+](C)cc1C. The molecule has 132 valence electrons. The Balaban J connectivity index is 2.03. The average Bonchev–Trinajstić information content (AvgIpc) is 2.59. The van der Waals surface area contributed by atoms with Crippen LogP contribution >= 0.6 is 11.8 Å². The van der Waals surface area contributed by atoms with Crippen molar-refractivity contribution in [3.63, 3.8) is 0 Å². The second-order valence-electron chi connectivity index (χ2n) is 7.99. The van der Waals surface area contributed by atoms with Crippen LogP contribution < -0.4 is 14.9 Å². The summed E-state index contributed by atoms with van der Waals surface area (Å²) in [6, 6.07) is 16.1. The summed E-state index contributed by atoms with van der Waals surface area (Å²) in [6.07, 6.45) is 2.26. The summed E-state index contributed by atoms with van der Waals surface area (Å²) in [5.41, 5.74) is 6.78. The number of rotatable bonds is 1. The van der Waals surface area contributed by atoms with Crippen molar-refractivity contribution in [1.29, 1.82) is 0 Å². The second-order valence-corrected chi connectivity index (χ2v) is 13.4. The number of pyridine rings is 1. The number of aromatic nitrogens is 1. The molecule has 0 N–H and O–H groups in total. The van der Waals surface area contributed by atoms with E-state index in [9.17, 15) is 0 Å². The summed E-state index contributed by atoms with van der Waals surface area (Å²) in [5.74, 6) is 0. The smallest absolute Gasteiger partial charge is 0.201 e. The zero-order valence-corrected chi connectivity index (χ0v) is 18.3. The van der Waals surface area contributed by atoms with Crippen molar-refractivity contribution in [3.8, 4) is 11.3 Å². The zero-order valence-electron chi connectivity index (χ0n) is 16.5. The summed E-state index contributed by atoms with van der Waals surface area (Å²) >= 11 is 1.96. The second kappa shape index (κ2) is 6.10. The van der Waals surface area contributed by atoms with Crippen molar-refractivity contribution in [2.24, 2.45) is 7.05 Å². The highest BCUT2D eigenvalue weighted by Crippen LogP contribution is 2.40. The van der Waals surface area contributed by atoms with Gasteiger partial charge < -0.3 is 0 Å². The lowest BCUT2D eigenvalue weighted by atomic mass is 10.0. The Morgan fingerprint density at radius 3 is 2.35 bits per heavy atom. The number of aryl methyl sites for hydroxylation is 4. The van der Waals surface area contributed by atoms with Gasteiger partial charge in [-0.25, -0.2) is 4.57 Å². The fraction of sp³-hybridized carbons (Fsp3) is 0.261. The average molecular weight is 377 g/mol. The van der Waals surface area contributed by atoms with Crippen LogP contribution in [0.25, 0.3) is 11.3 Å². The van der Waals surface area contributed by atoms with Crippen molar-refractivity contribution >= 4 is 30.2 Å². The molecule has 1 aliphatic heterocycles. The Labute approximate surface area is 162 Å². The molecule has 0 atom stereocenters. The van der Waals surface area contributed by atoms with Crippen LogP contribution in [0.5, 0.6) is 0 Å². The first-order valence-corrected chi connectivity index (χ1v) is 13.0. The van der Waals surface area contributed by atoms with Gasteiger partial charge in [-0.05, 0) is 48.3 Å². The third-order valence-electron chi connectivity index (χ3n) is 5.81. The number of benzene rings is 2. The van der Waals surface area contributed by atoms with E-state index in [1.807, 2.05) is 11.8 Å². The van der Waals surface area contributed by atoms with Crippen LogP contribution in [0.15, 0.2) is 58.5 Å². The van der Waals surface area contributed by atoms with Crippen molar-refractivity contribution in [3.05, 3.63) is 65.4 Å². The van der Waals surface area contributed by atoms with Gasteiger partial charge in [0.15, 0.2) is 6.20 Å². The van der Waals surface area contributed by atoms with Crippen molar-refractivity contribution in [2.75, 3.05) is 0 Å². The van der Waals surface area contributed by atoms with E-state index < -0.39 is 8.07 Å². The van der Waals surface area contributed by atoms with E-state index >= 15 is 0 Å². The van der Waals surface area contributed by atoms with E-state index in [-0.39, 0.29) is 0 Å². The van der Waals surface area contributed by atoms with Crippen LogP contribution in [0.4, 0.5) is 0 Å². The van der Waals surface area contributed by atoms with Gasteiger partial charge in [-0.15, -0.1) is 0 Å². The highest BCUT2D eigenvalue weighted by Gasteiger charge is 2.37. The standard InChI is InChI=1S/C23H26NSSi/c1-15-11-12-21-23(22(15)18-13-16(2)17(3)14-24(18)4)25-19-9-7-8-10-20(19)26(21,5)6/h7-14H,1-6H3/q+1. The van der Waals surface area contributed by atoms with Crippen LogP contribution in [0.3, 0.4) is 0 Å². The van der Waals surface area contributed by atoms with Crippen molar-refractivity contribution < 1.29 is 4.57 Å². The van der Waals surface area contributed by atoms with Gasteiger partial charge in [0.25, 0.3) is 0 Å². The highest BCUT2D eigenvalue weighted by atomic mass is 32.2. The molecule has 3 heteroatoms. The maximum Gasteiger partial charge on any atom is 0.213 e. The van der Waals surface area contributed by atoms with E-state index in [2.05, 4.69) is 94.1 Å². The van der Waals surface area contributed by atoms with E-state index in [0.29, 0.717) is 0 Å². The quantitative estimate of drug-likeness (QED) is 0.450. The lowest BCUT2D eigenvalue weighted by Crippen LogP contribution is -2.56. The third-order valence-corrected chi connectivity index (χ3v) is 10.9. The minimum Gasteiger partial charge on any atom is -0.201 e. The zero-order chi connectivity index (χ0) is 18.6. The molecule has 3 aromatic rings. The molecule has 0 spiro atoms. The lowest BCUT2D eigenvalue weighted by Gasteiger charge is -2.34. The first kappa shape index (κ1) is 17.6. The summed E-state index contributed by atoms with van der Waals surface area (Å²) in [6.45, 7) is 11.6. The van der Waals surface area contributed by atoms with Gasteiger partial charge in [0.2, 0.25) is 5.69 Å². The van der Waals surface area contributed by atoms with Gasteiger partial charge in [-0.2, -0.15) is 0 Å². The normalized spacial score (nSPS) is 14.7. The minimum atomic E-state index is -1.69. The monoisotopic (exact) mass is 376 g/mol. The first-order valence-electron chi connectivity index (χ1n) is 9.19. The van der Waals surface area contributed by atoms with Gasteiger partial charge >= 0.3 is 0 Å². The molecular weight excluding hydrogens is 350 g/mol. The molecule has 0 amide bonds. The Morgan fingerprint density at radius 1 is 0.846 bits per heavy atom. The van der Waals surface area contributed by atoms with Gasteiger partial charge in [-0.3, -0.25) is 0 Å². The molecule has 4 rings (SSSR count). The van der Waals surface area contributed by atoms with Gasteiger partial charge in [-0.1, -0.05) is 55.2 Å². The molecule has 0 saturated carbocycles. The molecule has 1 aromatic heterocycles. The summed E-state index contributed by atoms with van der Waals surface area (Å²) in [4.78, 5) is 2.91. The van der Waals surface area contributed by atoms with Crippen LogP contribution in [-0.4, -0.2) is 8.07 Å². The highest BCUT2D eigenvalue weighted by molar-refractivity contribution is 8.00. The molecule has 0 radical (unpaired) electrons. The topological polar surface area (TPSA) is 3.88 Å². The molecule has 0 saturated heterocycles. The predicted octanol–water partition coefficient (Wildman–Crippen LogP) is 4.39. The number of hydrogen-bond donors (Lipinski definition) is 0. The fourth-order valence-corrected chi connectivity index (χ4v) is 9.68. The molecular formula is C23H26NSSi+. The molecule has 26 heavy (non-hydrogen) atoms. The van der Waals surface area contributed by atoms with E-state index in [1.165, 1.54) is 37.7 Å². The Bertz CT molecular complexity index is 1040. The lowest BCUT2D eigenvalue weighted by molar-refractivity contribution is -0.660. The van der Waals surface area contributed by atoms with Crippen LogP contribution in [-0.2, 0) is 7.05 Å². The molecule has 0 unspecified atom stereocenters. The molecule has 2 heterocycles. The molecule has 0 bridgehead atoms. The number of nitrogens with zero attached hydrogens (tertiary/aromatic N) is 1. The molecule has 1 nitrogen and oxygen atoms in total. The summed E-state index contributed by atoms with van der Waals surface area (Å²) in [5, 5.41) is 3.14. The number of fused-ring (bicyclic) bond motifs is 2. The molecule has 0 aliphatic carbocycles. The maximum atomic E-state index is 2.49. The molecule has 2 aromatic carbocycles. The van der Waals surface area contributed by atoms with Crippen molar-refractivity contribution in [2.45, 2.75) is 43.7 Å². The number of hydrogen-bond acceptors (Lipinski definition) is 1. The van der Waals surface area contributed by atoms with Crippen LogP contribution in [0.2, 0.25) is 13.1 Å². The Morgan fingerprint density at radius 2 is 1.58 bits per heavy atom. The van der Waals surface area contributed by atoms with Gasteiger partial charge in [0, 0.05) is 21.4 Å². The Kier molecular flexibility index (Phi) is 4.12. The first-order chi connectivity index (χ1) is 12.3. The van der Waals surface area contributed by atoms with Crippen molar-refractivity contribution in [1.82, 2.24) is 0 Å². The van der Waals surface area contributed by atoms with E-state index in [4.69, 9.17) is 0 Å². The minimum absolute atomic E-state index is 1.32. The van der Waals surface area contributed by atoms with Crippen LogP contribution in [0.1, 0.15) is 16.7 Å². The van der Waals surface area contributed by atoms with E-state index in [0.717, 1.165) is 0 Å². The molecule has 0 fully saturated rings. The summed E-state index contributed by atoms with van der Waals surface area (Å²) < 4.78 is 2.29. The van der Waals surface area contributed by atoms with Crippen LogP contribution in [0, 0.1) is 20.8 Å². The summed E-state index contributed by atoms with van der Waals surface area (Å²) in [7, 11) is 0.480. The third kappa shape index (κ3) is 2.57.